The second-order valence-corrected chi connectivity index (χ2v) is 6.67. The van der Waals surface area contributed by atoms with E-state index < -0.39 is 48.6 Å². The topological polar surface area (TPSA) is 118 Å². The third-order valence-corrected chi connectivity index (χ3v) is 3.30. The third kappa shape index (κ3) is 4.10. The minimum Gasteiger partial charge on any atom is -0.290 e. The van der Waals surface area contributed by atoms with Crippen molar-refractivity contribution in [3.05, 3.63) is 28.1 Å². The number of hydrogen-bond donors (Lipinski definition) is 2. The molecule has 11 heteroatoms. The number of nitro groups is 1. The van der Waals surface area contributed by atoms with Crippen LogP contribution in [0.1, 0.15) is 20.8 Å². The van der Waals surface area contributed by atoms with Crippen LogP contribution in [0.5, 0.6) is 0 Å². The van der Waals surface area contributed by atoms with Crippen molar-refractivity contribution < 1.29 is 26.4 Å². The van der Waals surface area contributed by atoms with Crippen LogP contribution < -0.4 is 10.9 Å². The average molecular weight is 337 g/mol. The molecule has 0 unspecified atom stereocenters. The van der Waals surface area contributed by atoms with E-state index in [0.29, 0.717) is 6.07 Å². The van der Waals surface area contributed by atoms with E-state index in [4.69, 9.17) is 0 Å². The van der Waals surface area contributed by atoms with Crippen LogP contribution in [0.3, 0.4) is 0 Å². The summed E-state index contributed by atoms with van der Waals surface area (Å²) < 4.78 is 48.1. The molecule has 22 heavy (non-hydrogen) atoms. The number of hydrogen-bond acceptors (Lipinski definition) is 6. The van der Waals surface area contributed by atoms with E-state index in [0.717, 1.165) is 0 Å². The molecule has 2 N–H and O–H groups in total. The lowest BCUT2D eigenvalue weighted by atomic mass is 9.96. The Morgan fingerprint density at radius 2 is 1.86 bits per heavy atom. The highest BCUT2D eigenvalue weighted by Crippen LogP contribution is 2.31. The van der Waals surface area contributed by atoms with Gasteiger partial charge in [0.05, 0.1) is 4.92 Å². The first-order valence-corrected chi connectivity index (χ1v) is 7.21. The Labute approximate surface area is 124 Å². The first-order chi connectivity index (χ1) is 9.84. The van der Waals surface area contributed by atoms with Gasteiger partial charge in [-0.15, -0.1) is 3.89 Å². The lowest BCUT2D eigenvalue weighted by Gasteiger charge is -2.18. The van der Waals surface area contributed by atoms with E-state index in [1.807, 2.05) is 5.43 Å². The van der Waals surface area contributed by atoms with E-state index in [2.05, 4.69) is 5.43 Å². The number of rotatable bonds is 4. The van der Waals surface area contributed by atoms with Gasteiger partial charge in [-0.1, -0.05) is 20.8 Å². The van der Waals surface area contributed by atoms with E-state index in [9.17, 15) is 31.6 Å². The Morgan fingerprint density at radius 1 is 1.32 bits per heavy atom. The summed E-state index contributed by atoms with van der Waals surface area (Å²) in [4.78, 5) is 20.2. The summed E-state index contributed by atoms with van der Waals surface area (Å²) in [6.07, 6.45) is 0. The van der Waals surface area contributed by atoms with Gasteiger partial charge in [0.15, 0.2) is 11.5 Å². The molecule has 1 rings (SSSR count). The standard InChI is InChI=1S/C11H13F2N3O5S/c1-11(2,3)10(17)15-14-9-7(12)4-6(22(13,20)21)5-8(9)16(18)19/h4-5,14H,1-3H3,(H,15,17). The molecule has 0 spiro atoms. The molecule has 0 atom stereocenters. The molecule has 8 nitrogen and oxygen atoms in total. The zero-order chi connectivity index (χ0) is 17.3. The molecule has 0 heterocycles. The Hall–Kier alpha value is -2.30. The minimum absolute atomic E-state index is 0.272. The number of carbonyl (C=O) groups is 1. The van der Waals surface area contributed by atoms with Crippen molar-refractivity contribution in [2.75, 3.05) is 5.43 Å². The maximum atomic E-state index is 13.8. The molecular weight excluding hydrogens is 324 g/mol. The maximum absolute atomic E-state index is 13.8. The summed E-state index contributed by atoms with van der Waals surface area (Å²) in [5.41, 5.74) is 1.39. The van der Waals surface area contributed by atoms with E-state index in [1.165, 1.54) is 0 Å². The molecule has 0 aromatic heterocycles. The fourth-order valence-electron chi connectivity index (χ4n) is 1.28. The number of amides is 1. The first kappa shape index (κ1) is 17.8. The summed E-state index contributed by atoms with van der Waals surface area (Å²) in [7, 11) is -5.31. The smallest absolute Gasteiger partial charge is 0.290 e. The number of nitrogens with zero attached hydrogens (tertiary/aromatic N) is 1. The summed E-state index contributed by atoms with van der Waals surface area (Å²) in [6.45, 7) is 4.65. The Morgan fingerprint density at radius 3 is 2.27 bits per heavy atom. The van der Waals surface area contributed by atoms with Gasteiger partial charge in [-0.3, -0.25) is 25.8 Å². The summed E-state index contributed by atoms with van der Waals surface area (Å²) in [6, 6.07) is 0.623. The van der Waals surface area contributed by atoms with Gasteiger partial charge in [0.25, 0.3) is 5.69 Å². The molecule has 1 aromatic carbocycles. The van der Waals surface area contributed by atoms with E-state index >= 15 is 0 Å². The largest absolute Gasteiger partial charge is 0.332 e. The van der Waals surface area contributed by atoms with Crippen molar-refractivity contribution in [2.45, 2.75) is 25.7 Å². The lowest BCUT2D eigenvalue weighted by Crippen LogP contribution is -2.38. The molecule has 1 aromatic rings. The van der Waals surface area contributed by atoms with Gasteiger partial charge in [-0.05, 0) is 6.07 Å². The normalized spacial score (nSPS) is 11.9. The average Bonchev–Trinajstić information content (AvgIpc) is 2.33. The van der Waals surface area contributed by atoms with E-state index in [-0.39, 0.29) is 6.07 Å². The maximum Gasteiger partial charge on any atom is 0.332 e. The van der Waals surface area contributed by atoms with Crippen LogP contribution >= 0.6 is 0 Å². The number of carbonyl (C=O) groups excluding carboxylic acids is 1. The SMILES string of the molecule is CC(C)(C)C(=O)NNc1c(F)cc(S(=O)(=O)F)cc1[N+](=O)[O-]. The Balaban J connectivity index is 3.26. The van der Waals surface area contributed by atoms with Crippen LogP contribution in [0.2, 0.25) is 0 Å². The zero-order valence-electron chi connectivity index (χ0n) is 11.8. The van der Waals surface area contributed by atoms with Crippen LogP contribution in [-0.2, 0) is 15.0 Å². The fraction of sp³-hybridized carbons (Fsp3) is 0.364. The predicted molar refractivity (Wildman–Crippen MR) is 72.6 cm³/mol. The number of nitrogens with one attached hydrogen (secondary N) is 2. The number of anilines is 1. The molecular formula is C11H13F2N3O5S. The summed E-state index contributed by atoms with van der Waals surface area (Å²) >= 11 is 0. The minimum atomic E-state index is -5.31. The van der Waals surface area contributed by atoms with Crippen molar-refractivity contribution in [1.82, 2.24) is 5.43 Å². The highest BCUT2D eigenvalue weighted by molar-refractivity contribution is 7.86. The fourth-order valence-corrected chi connectivity index (χ4v) is 1.78. The van der Waals surface area contributed by atoms with Gasteiger partial charge in [0, 0.05) is 11.5 Å². The number of hydrazine groups is 1. The van der Waals surface area contributed by atoms with Gasteiger partial charge in [0.2, 0.25) is 5.91 Å². The quantitative estimate of drug-likeness (QED) is 0.492. The number of nitro benzene ring substituents is 1. The second kappa shape index (κ2) is 5.83. The molecule has 0 saturated carbocycles. The first-order valence-electron chi connectivity index (χ1n) is 5.83. The number of benzene rings is 1. The second-order valence-electron chi connectivity index (χ2n) is 5.32. The predicted octanol–water partition coefficient (Wildman–Crippen LogP) is 1.88. The molecule has 0 aliphatic rings. The molecule has 0 aliphatic heterocycles. The summed E-state index contributed by atoms with van der Waals surface area (Å²) in [5.74, 6) is -2.00. The van der Waals surface area contributed by atoms with Crippen molar-refractivity contribution in [2.24, 2.45) is 5.41 Å². The zero-order valence-corrected chi connectivity index (χ0v) is 12.6. The molecule has 0 bridgehead atoms. The Bertz CT molecular complexity index is 728. The van der Waals surface area contributed by atoms with Gasteiger partial charge in [-0.2, -0.15) is 8.42 Å². The lowest BCUT2D eigenvalue weighted by molar-refractivity contribution is -0.384. The van der Waals surface area contributed by atoms with Gasteiger partial charge in [0.1, 0.15) is 4.90 Å². The summed E-state index contributed by atoms with van der Waals surface area (Å²) in [5, 5.41) is 10.9. The Kier molecular flexibility index (Phi) is 4.70. The highest BCUT2D eigenvalue weighted by Gasteiger charge is 2.27. The molecule has 1 amide bonds. The monoisotopic (exact) mass is 337 g/mol. The van der Waals surface area contributed by atoms with E-state index in [1.54, 1.807) is 20.8 Å². The van der Waals surface area contributed by atoms with Crippen molar-refractivity contribution in [1.29, 1.82) is 0 Å². The van der Waals surface area contributed by atoms with Gasteiger partial charge >= 0.3 is 10.2 Å². The molecule has 0 saturated heterocycles. The van der Waals surface area contributed by atoms with Crippen molar-refractivity contribution in [3.63, 3.8) is 0 Å². The van der Waals surface area contributed by atoms with Crippen LogP contribution in [0, 0.1) is 21.3 Å². The van der Waals surface area contributed by atoms with Gasteiger partial charge in [-0.25, -0.2) is 4.39 Å². The molecule has 0 aliphatic carbocycles. The molecule has 122 valence electrons. The van der Waals surface area contributed by atoms with Crippen molar-refractivity contribution >= 4 is 27.5 Å². The molecule has 0 radical (unpaired) electrons. The van der Waals surface area contributed by atoms with Crippen molar-refractivity contribution in [3.8, 4) is 0 Å². The number of halogens is 2. The third-order valence-electron chi connectivity index (χ3n) is 2.50. The highest BCUT2D eigenvalue weighted by atomic mass is 32.3. The van der Waals surface area contributed by atoms with Crippen LogP contribution in [0.4, 0.5) is 19.7 Å². The van der Waals surface area contributed by atoms with Crippen LogP contribution in [0.15, 0.2) is 17.0 Å². The van der Waals surface area contributed by atoms with Gasteiger partial charge < -0.3 is 0 Å². The van der Waals surface area contributed by atoms with Crippen LogP contribution in [-0.4, -0.2) is 19.2 Å². The molecule has 0 fully saturated rings. The van der Waals surface area contributed by atoms with Crippen LogP contribution in [0.25, 0.3) is 0 Å².